The number of benzene rings is 2. The quantitative estimate of drug-likeness (QED) is 0.404. The van der Waals surface area contributed by atoms with Gasteiger partial charge in [-0.3, -0.25) is 9.78 Å². The highest BCUT2D eigenvalue weighted by Crippen LogP contribution is 2.33. The topological polar surface area (TPSA) is 69.4 Å². The molecular formula is C26H23NO4. The zero-order valence-electron chi connectivity index (χ0n) is 17.9. The van der Waals surface area contributed by atoms with Crippen molar-refractivity contribution in [2.24, 2.45) is 0 Å². The van der Waals surface area contributed by atoms with Gasteiger partial charge in [0, 0.05) is 18.0 Å². The van der Waals surface area contributed by atoms with Gasteiger partial charge < -0.3 is 9.15 Å². The van der Waals surface area contributed by atoms with Gasteiger partial charge in [0.1, 0.15) is 5.58 Å². The van der Waals surface area contributed by atoms with Crippen LogP contribution in [0, 0.1) is 6.92 Å². The van der Waals surface area contributed by atoms with Crippen LogP contribution in [0.2, 0.25) is 0 Å². The molecule has 0 amide bonds. The van der Waals surface area contributed by atoms with Gasteiger partial charge in [-0.15, -0.1) is 0 Å². The molecule has 2 aromatic heterocycles. The highest BCUT2D eigenvalue weighted by Gasteiger charge is 2.22. The molecular weight excluding hydrogens is 390 g/mol. The summed E-state index contributed by atoms with van der Waals surface area (Å²) in [5.74, 6) is -0.540. The molecule has 0 N–H and O–H groups in total. The van der Waals surface area contributed by atoms with Gasteiger partial charge in [-0.25, -0.2) is 4.79 Å². The van der Waals surface area contributed by atoms with E-state index in [4.69, 9.17) is 9.15 Å². The normalized spacial score (nSPS) is 11.5. The van der Waals surface area contributed by atoms with Crippen LogP contribution in [0.15, 0.2) is 76.2 Å². The molecule has 2 heterocycles. The van der Waals surface area contributed by atoms with Crippen LogP contribution in [0.5, 0.6) is 5.75 Å². The maximum Gasteiger partial charge on any atom is 0.343 e. The number of esters is 1. The monoisotopic (exact) mass is 413 g/mol. The molecule has 2 aromatic carbocycles. The van der Waals surface area contributed by atoms with Gasteiger partial charge in [0.15, 0.2) is 5.76 Å². The molecule has 4 aromatic rings. The molecule has 0 saturated heterocycles. The van der Waals surface area contributed by atoms with E-state index in [9.17, 15) is 9.59 Å². The first-order chi connectivity index (χ1) is 14.7. The van der Waals surface area contributed by atoms with Gasteiger partial charge in [-0.2, -0.15) is 0 Å². The van der Waals surface area contributed by atoms with Gasteiger partial charge in [-0.1, -0.05) is 56.7 Å². The molecule has 156 valence electrons. The lowest BCUT2D eigenvalue weighted by atomic mass is 9.86. The number of hydrogen-bond acceptors (Lipinski definition) is 5. The minimum atomic E-state index is -0.644. The van der Waals surface area contributed by atoms with Crippen molar-refractivity contribution < 1.29 is 13.9 Å². The third-order valence-corrected chi connectivity index (χ3v) is 5.13. The van der Waals surface area contributed by atoms with Crippen LogP contribution in [0.4, 0.5) is 0 Å². The molecule has 0 unspecified atom stereocenters. The van der Waals surface area contributed by atoms with E-state index in [0.29, 0.717) is 22.1 Å². The Kier molecular flexibility index (Phi) is 5.19. The number of fused-ring (bicyclic) bond motifs is 1. The van der Waals surface area contributed by atoms with Gasteiger partial charge in [0.05, 0.1) is 10.9 Å². The zero-order chi connectivity index (χ0) is 22.2. The fourth-order valence-corrected chi connectivity index (χ4v) is 3.34. The van der Waals surface area contributed by atoms with Crippen LogP contribution in [0.3, 0.4) is 0 Å². The molecule has 0 saturated carbocycles. The Morgan fingerprint density at radius 1 is 0.968 bits per heavy atom. The van der Waals surface area contributed by atoms with E-state index in [2.05, 4.69) is 25.8 Å². The van der Waals surface area contributed by atoms with Gasteiger partial charge in [0.2, 0.25) is 11.2 Å². The number of hydrogen-bond donors (Lipinski definition) is 0. The molecule has 0 spiro atoms. The first kappa shape index (κ1) is 20.5. The van der Waals surface area contributed by atoms with Crippen molar-refractivity contribution in [1.29, 1.82) is 0 Å². The van der Waals surface area contributed by atoms with Gasteiger partial charge >= 0.3 is 5.97 Å². The summed E-state index contributed by atoms with van der Waals surface area (Å²) in [5, 5.41) is 0.368. The lowest BCUT2D eigenvalue weighted by molar-refractivity contribution is 0.0731. The smallest absolute Gasteiger partial charge is 0.343 e. The summed E-state index contributed by atoms with van der Waals surface area (Å²) in [6.07, 6.45) is 2.99. The predicted molar refractivity (Wildman–Crippen MR) is 121 cm³/mol. The van der Waals surface area contributed by atoms with E-state index in [1.165, 1.54) is 24.5 Å². The minimum Gasteiger partial charge on any atom is -0.452 e. The molecule has 0 radical (unpaired) electrons. The Morgan fingerprint density at radius 3 is 2.29 bits per heavy atom. The number of aromatic nitrogens is 1. The second-order valence-electron chi connectivity index (χ2n) is 8.54. The first-order valence-corrected chi connectivity index (χ1v) is 10.0. The van der Waals surface area contributed by atoms with Crippen molar-refractivity contribution in [3.63, 3.8) is 0 Å². The third kappa shape index (κ3) is 4.12. The molecule has 0 aliphatic rings. The summed E-state index contributed by atoms with van der Waals surface area (Å²) in [6, 6.07) is 16.2. The van der Waals surface area contributed by atoms with Crippen LogP contribution in [0.25, 0.3) is 22.3 Å². The SMILES string of the molecule is Cc1ccc2oc(-c3ccc(C(C)(C)C)cc3)c(OC(=O)c3ccncc3)c(=O)c2c1. The number of carbonyl (C=O) groups excluding carboxylic acids is 1. The van der Waals surface area contributed by atoms with Crippen molar-refractivity contribution >= 4 is 16.9 Å². The molecule has 0 fully saturated rings. The second-order valence-corrected chi connectivity index (χ2v) is 8.54. The number of pyridine rings is 1. The average molecular weight is 413 g/mol. The lowest BCUT2D eigenvalue weighted by Gasteiger charge is -2.19. The standard InChI is InChI=1S/C26H23NO4/c1-16-5-10-21-20(15-16)22(28)24(31-25(29)18-11-13-27-14-12-18)23(30-21)17-6-8-19(9-7-17)26(2,3)4/h5-15H,1-4H3. The molecule has 4 rings (SSSR count). The Bertz CT molecular complexity index is 1310. The predicted octanol–water partition coefficient (Wildman–Crippen LogP) is 5.68. The molecule has 0 aliphatic carbocycles. The molecule has 5 nitrogen and oxygen atoms in total. The number of ether oxygens (including phenoxy) is 1. The minimum absolute atomic E-state index is 0.0169. The van der Waals surface area contributed by atoms with Crippen molar-refractivity contribution in [3.05, 3.63) is 93.9 Å². The van der Waals surface area contributed by atoms with Crippen LogP contribution < -0.4 is 10.2 Å². The van der Waals surface area contributed by atoms with E-state index < -0.39 is 5.97 Å². The molecule has 5 heteroatoms. The molecule has 0 aliphatic heterocycles. The van der Waals surface area contributed by atoms with E-state index >= 15 is 0 Å². The fourth-order valence-electron chi connectivity index (χ4n) is 3.34. The Hall–Kier alpha value is -3.73. The van der Waals surface area contributed by atoms with Gasteiger partial charge in [0.25, 0.3) is 0 Å². The first-order valence-electron chi connectivity index (χ1n) is 10.0. The summed E-state index contributed by atoms with van der Waals surface area (Å²) in [6.45, 7) is 8.27. The summed E-state index contributed by atoms with van der Waals surface area (Å²) < 4.78 is 11.7. The molecule has 0 atom stereocenters. The fraction of sp³-hybridized carbons (Fsp3) is 0.192. The maximum atomic E-state index is 13.3. The van der Waals surface area contributed by atoms with Gasteiger partial charge in [-0.05, 0) is 42.2 Å². The number of carbonyl (C=O) groups is 1. The number of aryl methyl sites for hydroxylation is 1. The van der Waals surface area contributed by atoms with Crippen LogP contribution in [0.1, 0.15) is 42.3 Å². The highest BCUT2D eigenvalue weighted by molar-refractivity contribution is 5.92. The van der Waals surface area contributed by atoms with E-state index in [1.54, 1.807) is 12.1 Å². The highest BCUT2D eigenvalue weighted by atomic mass is 16.5. The van der Waals surface area contributed by atoms with Crippen molar-refractivity contribution in [2.75, 3.05) is 0 Å². The largest absolute Gasteiger partial charge is 0.452 e. The summed E-state index contributed by atoms with van der Waals surface area (Å²) in [4.78, 5) is 29.9. The van der Waals surface area contributed by atoms with Crippen molar-refractivity contribution in [3.8, 4) is 17.1 Å². The maximum absolute atomic E-state index is 13.3. The summed E-state index contributed by atoms with van der Waals surface area (Å²) in [5.41, 5.74) is 3.05. The zero-order valence-corrected chi connectivity index (χ0v) is 17.9. The second kappa shape index (κ2) is 7.84. The average Bonchev–Trinajstić information content (AvgIpc) is 2.76. The molecule has 0 bridgehead atoms. The Labute approximate surface area is 180 Å². The van der Waals surface area contributed by atoms with Crippen LogP contribution in [-0.4, -0.2) is 11.0 Å². The lowest BCUT2D eigenvalue weighted by Crippen LogP contribution is -2.16. The molecule has 31 heavy (non-hydrogen) atoms. The van der Waals surface area contributed by atoms with Crippen LogP contribution >= 0.6 is 0 Å². The van der Waals surface area contributed by atoms with E-state index in [-0.39, 0.29) is 22.4 Å². The van der Waals surface area contributed by atoms with Crippen molar-refractivity contribution in [1.82, 2.24) is 4.98 Å². The summed E-state index contributed by atoms with van der Waals surface area (Å²) in [7, 11) is 0. The van der Waals surface area contributed by atoms with Crippen molar-refractivity contribution in [2.45, 2.75) is 33.1 Å². The Balaban J connectivity index is 1.89. The number of rotatable bonds is 3. The number of nitrogens with zero attached hydrogens (tertiary/aromatic N) is 1. The van der Waals surface area contributed by atoms with Crippen LogP contribution in [-0.2, 0) is 5.41 Å². The Morgan fingerprint density at radius 2 is 1.65 bits per heavy atom. The van der Waals surface area contributed by atoms with E-state index in [0.717, 1.165) is 11.1 Å². The summed E-state index contributed by atoms with van der Waals surface area (Å²) >= 11 is 0. The third-order valence-electron chi connectivity index (χ3n) is 5.13. The van der Waals surface area contributed by atoms with E-state index in [1.807, 2.05) is 37.3 Å².